The van der Waals surface area contributed by atoms with Gasteiger partial charge in [-0.05, 0) is 33.3 Å². The minimum Gasteiger partial charge on any atom is -0.461 e. The van der Waals surface area contributed by atoms with Crippen molar-refractivity contribution in [1.29, 1.82) is 0 Å². The van der Waals surface area contributed by atoms with Gasteiger partial charge >= 0.3 is 18.0 Å². The van der Waals surface area contributed by atoms with Crippen LogP contribution in [0.2, 0.25) is 0 Å². The van der Waals surface area contributed by atoms with Crippen molar-refractivity contribution >= 4 is 64.2 Å². The van der Waals surface area contributed by atoms with Crippen molar-refractivity contribution in [1.82, 2.24) is 10.3 Å². The van der Waals surface area contributed by atoms with Crippen LogP contribution in [0.1, 0.15) is 59.2 Å². The molecular formula is C22H25Cl3N2O6S. The predicted molar refractivity (Wildman–Crippen MR) is 130 cm³/mol. The Kier molecular flexibility index (Phi) is 9.99. The van der Waals surface area contributed by atoms with E-state index in [0.717, 1.165) is 16.9 Å². The van der Waals surface area contributed by atoms with Gasteiger partial charge in [-0.15, -0.1) is 11.3 Å². The number of nitrogens with zero attached hydrogens (tertiary/aromatic N) is 1. The molecule has 1 heterocycles. The molecule has 0 bridgehead atoms. The molecule has 0 spiro atoms. The van der Waals surface area contributed by atoms with Crippen molar-refractivity contribution in [3.05, 3.63) is 51.5 Å². The number of carbonyl (C=O) groups is 3. The summed E-state index contributed by atoms with van der Waals surface area (Å²) in [4.78, 5) is 42.1. The average molecular weight is 552 g/mol. The van der Waals surface area contributed by atoms with E-state index in [1.54, 1.807) is 27.7 Å². The van der Waals surface area contributed by atoms with Crippen LogP contribution in [-0.2, 0) is 25.6 Å². The summed E-state index contributed by atoms with van der Waals surface area (Å²) in [5.41, 5.74) is 0.0485. The standard InChI is InChI=1S/C22H25Cl3N2O6S/c1-13-17(19(29)32-12-22(23,24)25)27-18(34-13)15(26-20(30)33-21(2,3)4)10-16(28)31-11-14-8-6-5-7-9-14/h5-9,15H,10-12H2,1-4H3,(H,26,30)/t15-/m0/s1. The molecule has 0 unspecified atom stereocenters. The zero-order valence-electron chi connectivity index (χ0n) is 19.0. The molecule has 0 aliphatic rings. The van der Waals surface area contributed by atoms with E-state index in [2.05, 4.69) is 10.3 Å². The lowest BCUT2D eigenvalue weighted by molar-refractivity contribution is -0.145. The molecular weight excluding hydrogens is 527 g/mol. The lowest BCUT2D eigenvalue weighted by Crippen LogP contribution is -2.36. The van der Waals surface area contributed by atoms with Crippen LogP contribution in [0.4, 0.5) is 4.79 Å². The molecule has 1 aromatic heterocycles. The molecule has 2 aromatic rings. The van der Waals surface area contributed by atoms with E-state index in [0.29, 0.717) is 9.88 Å². The molecule has 0 saturated heterocycles. The number of halogens is 3. The highest BCUT2D eigenvalue weighted by atomic mass is 35.6. The highest BCUT2D eigenvalue weighted by molar-refractivity contribution is 7.12. The number of aromatic nitrogens is 1. The van der Waals surface area contributed by atoms with Crippen molar-refractivity contribution in [2.75, 3.05) is 6.61 Å². The smallest absolute Gasteiger partial charge is 0.408 e. The SMILES string of the molecule is Cc1sc([C@H](CC(=O)OCc2ccccc2)NC(=O)OC(C)(C)C)nc1C(=O)OCC(Cl)(Cl)Cl. The number of benzene rings is 1. The van der Waals surface area contributed by atoms with Gasteiger partial charge in [-0.2, -0.15) is 0 Å². The number of carbonyl (C=O) groups excluding carboxylic acids is 3. The largest absolute Gasteiger partial charge is 0.461 e. The van der Waals surface area contributed by atoms with Gasteiger partial charge in [0, 0.05) is 4.88 Å². The summed E-state index contributed by atoms with van der Waals surface area (Å²) in [5.74, 6) is -1.37. The summed E-state index contributed by atoms with van der Waals surface area (Å²) in [6.45, 7) is 6.38. The Bertz CT molecular complexity index is 1000. The minimum atomic E-state index is -1.77. The van der Waals surface area contributed by atoms with Crippen LogP contribution < -0.4 is 5.32 Å². The number of hydrogen-bond donors (Lipinski definition) is 1. The van der Waals surface area contributed by atoms with Crippen LogP contribution in [-0.4, -0.2) is 39.0 Å². The third-order valence-corrected chi connectivity index (χ3v) is 5.39. The van der Waals surface area contributed by atoms with Crippen LogP contribution in [0.15, 0.2) is 30.3 Å². The van der Waals surface area contributed by atoms with Crippen LogP contribution in [0.3, 0.4) is 0 Å². The van der Waals surface area contributed by atoms with Gasteiger partial charge in [0.15, 0.2) is 5.69 Å². The maximum atomic E-state index is 12.5. The Labute approximate surface area is 216 Å². The molecule has 0 saturated carbocycles. The summed E-state index contributed by atoms with van der Waals surface area (Å²) in [6.07, 6.45) is -0.983. The zero-order chi connectivity index (χ0) is 25.5. The number of esters is 2. The summed E-state index contributed by atoms with van der Waals surface area (Å²) < 4.78 is 13.8. The Morgan fingerprint density at radius 2 is 1.74 bits per heavy atom. The van der Waals surface area contributed by atoms with Crippen molar-refractivity contribution in [3.63, 3.8) is 0 Å². The summed E-state index contributed by atoms with van der Waals surface area (Å²) >= 11 is 18.0. The highest BCUT2D eigenvalue weighted by Crippen LogP contribution is 2.29. The molecule has 1 amide bonds. The number of nitrogens with one attached hydrogen (secondary N) is 1. The van der Waals surface area contributed by atoms with Crippen LogP contribution in [0, 0.1) is 6.92 Å². The van der Waals surface area contributed by atoms with Gasteiger partial charge < -0.3 is 19.5 Å². The number of amides is 1. The number of alkyl carbamates (subject to hydrolysis) is 1. The fourth-order valence-electron chi connectivity index (χ4n) is 2.58. The molecule has 2 rings (SSSR count). The fraction of sp³-hybridized carbons (Fsp3) is 0.455. The van der Waals surface area contributed by atoms with E-state index < -0.39 is 40.1 Å². The number of hydrogen-bond acceptors (Lipinski definition) is 8. The first-order valence-electron chi connectivity index (χ1n) is 10.1. The molecule has 1 atom stereocenters. The summed E-state index contributed by atoms with van der Waals surface area (Å²) in [6, 6.07) is 8.26. The number of ether oxygens (including phenoxy) is 3. The minimum absolute atomic E-state index is 0.0112. The third kappa shape index (κ3) is 10.0. The molecule has 8 nitrogen and oxygen atoms in total. The summed E-state index contributed by atoms with van der Waals surface area (Å²) in [7, 11) is 0. The number of aryl methyl sites for hydroxylation is 1. The topological polar surface area (TPSA) is 104 Å². The van der Waals surface area contributed by atoms with Gasteiger partial charge in [-0.3, -0.25) is 4.79 Å². The molecule has 0 fully saturated rings. The Morgan fingerprint density at radius 1 is 1.09 bits per heavy atom. The molecule has 34 heavy (non-hydrogen) atoms. The third-order valence-electron chi connectivity index (χ3n) is 3.98. The first-order chi connectivity index (χ1) is 15.7. The van der Waals surface area contributed by atoms with Gasteiger partial charge in [0.1, 0.15) is 23.8 Å². The molecule has 0 aliphatic carbocycles. The Hall–Kier alpha value is -2.07. The first kappa shape index (κ1) is 28.2. The number of alkyl halides is 3. The second-order valence-electron chi connectivity index (χ2n) is 8.20. The van der Waals surface area contributed by atoms with E-state index >= 15 is 0 Å². The molecule has 1 N–H and O–H groups in total. The van der Waals surface area contributed by atoms with Crippen LogP contribution in [0.25, 0.3) is 0 Å². The van der Waals surface area contributed by atoms with Crippen molar-refractivity contribution < 1.29 is 28.6 Å². The van der Waals surface area contributed by atoms with E-state index in [9.17, 15) is 14.4 Å². The second kappa shape index (κ2) is 12.1. The van der Waals surface area contributed by atoms with E-state index in [1.165, 1.54) is 0 Å². The van der Waals surface area contributed by atoms with E-state index in [1.807, 2.05) is 30.3 Å². The maximum absolute atomic E-state index is 12.5. The zero-order valence-corrected chi connectivity index (χ0v) is 22.1. The van der Waals surface area contributed by atoms with Gasteiger partial charge in [-0.25, -0.2) is 14.6 Å². The molecule has 0 radical (unpaired) electrons. The van der Waals surface area contributed by atoms with E-state index in [-0.39, 0.29) is 18.7 Å². The summed E-state index contributed by atoms with van der Waals surface area (Å²) in [5, 5.41) is 2.92. The number of thiazole rings is 1. The van der Waals surface area contributed by atoms with Crippen molar-refractivity contribution in [2.24, 2.45) is 0 Å². The second-order valence-corrected chi connectivity index (χ2v) is 11.9. The molecule has 12 heteroatoms. The van der Waals surface area contributed by atoms with Gasteiger partial charge in [0.2, 0.25) is 3.79 Å². The average Bonchev–Trinajstić information content (AvgIpc) is 3.10. The van der Waals surface area contributed by atoms with Gasteiger partial charge in [0.25, 0.3) is 0 Å². The molecule has 186 valence electrons. The lowest BCUT2D eigenvalue weighted by Gasteiger charge is -2.22. The Balaban J connectivity index is 2.17. The maximum Gasteiger partial charge on any atom is 0.408 e. The van der Waals surface area contributed by atoms with Crippen molar-refractivity contribution in [2.45, 2.75) is 56.2 Å². The molecule has 1 aromatic carbocycles. The van der Waals surface area contributed by atoms with Crippen molar-refractivity contribution in [3.8, 4) is 0 Å². The van der Waals surface area contributed by atoms with Crippen LogP contribution in [0.5, 0.6) is 0 Å². The monoisotopic (exact) mass is 550 g/mol. The number of rotatable bonds is 8. The quantitative estimate of drug-likeness (QED) is 0.256. The van der Waals surface area contributed by atoms with Gasteiger partial charge in [0.05, 0.1) is 12.5 Å². The Morgan fingerprint density at radius 3 is 2.32 bits per heavy atom. The fourth-order valence-corrected chi connectivity index (χ4v) is 3.71. The van der Waals surface area contributed by atoms with Gasteiger partial charge in [-0.1, -0.05) is 65.1 Å². The van der Waals surface area contributed by atoms with E-state index in [4.69, 9.17) is 49.0 Å². The van der Waals surface area contributed by atoms with Crippen LogP contribution >= 0.6 is 46.1 Å². The lowest BCUT2D eigenvalue weighted by atomic mass is 10.2. The molecule has 0 aliphatic heterocycles. The normalized spacial score (nSPS) is 12.6. The highest BCUT2D eigenvalue weighted by Gasteiger charge is 2.29. The first-order valence-corrected chi connectivity index (χ1v) is 12.1. The predicted octanol–water partition coefficient (Wildman–Crippen LogP) is 5.68.